The zero-order valence-corrected chi connectivity index (χ0v) is 5.12. The summed E-state index contributed by atoms with van der Waals surface area (Å²) in [7, 11) is 0. The lowest BCUT2D eigenvalue weighted by atomic mass is 10.1. The molecule has 9 heavy (non-hydrogen) atoms. The molecule has 0 bridgehead atoms. The van der Waals surface area contributed by atoms with E-state index in [1.807, 2.05) is 0 Å². The molecule has 0 heterocycles. The van der Waals surface area contributed by atoms with Crippen molar-refractivity contribution in [1.29, 1.82) is 0 Å². The second-order valence-electron chi connectivity index (χ2n) is 1.86. The fourth-order valence-electron chi connectivity index (χ4n) is 0.300. The molecule has 54 valence electrons. The highest BCUT2D eigenvalue weighted by molar-refractivity contribution is 5.26. The fraction of sp³-hybridized carbons (Fsp3) is 0.800. The molecule has 0 aromatic rings. The summed E-state index contributed by atoms with van der Waals surface area (Å²) in [6, 6.07) is 0. The van der Waals surface area contributed by atoms with Gasteiger partial charge in [-0.1, -0.05) is 0 Å². The van der Waals surface area contributed by atoms with Crippen LogP contribution in [-0.2, 0) is 0 Å². The van der Waals surface area contributed by atoms with E-state index in [1.54, 1.807) is 0 Å². The number of aliphatic hydroxyl groups excluding tert-OH is 3. The normalized spacial score (nSPS) is 11.4. The summed E-state index contributed by atoms with van der Waals surface area (Å²) in [5, 5.41) is 25.6. The van der Waals surface area contributed by atoms with Crippen LogP contribution in [0.2, 0.25) is 0 Å². The highest BCUT2D eigenvalue weighted by Crippen LogP contribution is 2.05. The van der Waals surface area contributed by atoms with Crippen LogP contribution in [0.25, 0.3) is 0 Å². The molecule has 0 aromatic carbocycles. The molecule has 0 saturated carbocycles. The number of hydrogen-bond acceptors (Lipinski definition) is 4. The Morgan fingerprint density at radius 2 is 1.44 bits per heavy atom. The molecule has 0 atom stereocenters. The molecule has 0 saturated heterocycles. The average molecular weight is 133 g/mol. The molecule has 0 aromatic heterocycles. The number of nitrogens with zero attached hydrogens (tertiary/aromatic N) is 1. The SMILES string of the molecule is C=NC(CO)(CO)CO. The topological polar surface area (TPSA) is 73.1 Å². The summed E-state index contributed by atoms with van der Waals surface area (Å²) in [6.07, 6.45) is 0. The van der Waals surface area contributed by atoms with Gasteiger partial charge in [0.15, 0.2) is 0 Å². The predicted octanol–water partition coefficient (Wildman–Crippen LogP) is -1.60. The predicted molar refractivity (Wildman–Crippen MR) is 33.5 cm³/mol. The van der Waals surface area contributed by atoms with Crippen molar-refractivity contribution in [3.63, 3.8) is 0 Å². The highest BCUT2D eigenvalue weighted by Gasteiger charge is 2.24. The maximum atomic E-state index is 8.52. The highest BCUT2D eigenvalue weighted by atomic mass is 16.3. The van der Waals surface area contributed by atoms with Gasteiger partial charge in [0.05, 0.1) is 19.8 Å². The van der Waals surface area contributed by atoms with E-state index in [2.05, 4.69) is 11.7 Å². The Hall–Kier alpha value is -0.450. The van der Waals surface area contributed by atoms with Gasteiger partial charge in [-0.05, 0) is 6.72 Å². The maximum absolute atomic E-state index is 8.52. The Balaban J connectivity index is 3.98. The van der Waals surface area contributed by atoms with Gasteiger partial charge in [-0.15, -0.1) is 0 Å². The molecule has 0 radical (unpaired) electrons. The molecular weight excluding hydrogens is 122 g/mol. The van der Waals surface area contributed by atoms with Crippen LogP contribution >= 0.6 is 0 Å². The van der Waals surface area contributed by atoms with Crippen molar-refractivity contribution in [3.8, 4) is 0 Å². The van der Waals surface area contributed by atoms with Gasteiger partial charge in [0, 0.05) is 0 Å². The molecule has 0 unspecified atom stereocenters. The van der Waals surface area contributed by atoms with Gasteiger partial charge < -0.3 is 15.3 Å². The van der Waals surface area contributed by atoms with Gasteiger partial charge in [0.25, 0.3) is 0 Å². The molecule has 0 aliphatic heterocycles. The Kier molecular flexibility index (Phi) is 3.37. The molecule has 0 fully saturated rings. The molecular formula is C5H11NO3. The molecule has 0 aliphatic carbocycles. The van der Waals surface area contributed by atoms with E-state index in [1.165, 1.54) is 0 Å². The molecule has 0 rings (SSSR count). The summed E-state index contributed by atoms with van der Waals surface area (Å²) in [4.78, 5) is 3.38. The largest absolute Gasteiger partial charge is 0.394 e. The van der Waals surface area contributed by atoms with E-state index in [0.29, 0.717) is 0 Å². The molecule has 0 amide bonds. The van der Waals surface area contributed by atoms with E-state index >= 15 is 0 Å². The first-order valence-electron chi connectivity index (χ1n) is 2.55. The van der Waals surface area contributed by atoms with Crippen LogP contribution in [0.4, 0.5) is 0 Å². The minimum absolute atomic E-state index is 0.385. The number of hydrogen-bond donors (Lipinski definition) is 3. The van der Waals surface area contributed by atoms with Gasteiger partial charge >= 0.3 is 0 Å². The van der Waals surface area contributed by atoms with E-state index in [0.717, 1.165) is 0 Å². The lowest BCUT2D eigenvalue weighted by Crippen LogP contribution is -2.39. The van der Waals surface area contributed by atoms with Crippen LogP contribution in [0.3, 0.4) is 0 Å². The van der Waals surface area contributed by atoms with E-state index in [9.17, 15) is 0 Å². The second kappa shape index (κ2) is 3.55. The standard InChI is InChI=1S/C5H11NO3/c1-6-5(2-7,3-8)4-9/h7-9H,1-4H2. The fourth-order valence-corrected chi connectivity index (χ4v) is 0.300. The quantitative estimate of drug-likeness (QED) is 0.404. The lowest BCUT2D eigenvalue weighted by Gasteiger charge is -2.20. The Bertz CT molecular complexity index is 81.9. The van der Waals surface area contributed by atoms with Crippen LogP contribution in [-0.4, -0.2) is 47.4 Å². The van der Waals surface area contributed by atoms with Crippen molar-refractivity contribution in [2.24, 2.45) is 4.99 Å². The lowest BCUT2D eigenvalue weighted by molar-refractivity contribution is 0.0721. The molecule has 3 N–H and O–H groups in total. The summed E-state index contributed by atoms with van der Waals surface area (Å²) >= 11 is 0. The minimum Gasteiger partial charge on any atom is -0.394 e. The molecule has 0 aliphatic rings. The zero-order chi connectivity index (χ0) is 7.33. The number of aliphatic imine (C=N–C) groups is 1. The van der Waals surface area contributed by atoms with Gasteiger partial charge in [0.2, 0.25) is 0 Å². The van der Waals surface area contributed by atoms with Crippen molar-refractivity contribution < 1.29 is 15.3 Å². The van der Waals surface area contributed by atoms with Crippen molar-refractivity contribution in [1.82, 2.24) is 0 Å². The Morgan fingerprint density at radius 1 is 1.11 bits per heavy atom. The average Bonchev–Trinajstić information content (AvgIpc) is 1.95. The van der Waals surface area contributed by atoms with Crippen molar-refractivity contribution in [2.45, 2.75) is 5.54 Å². The first-order valence-corrected chi connectivity index (χ1v) is 2.55. The van der Waals surface area contributed by atoms with Gasteiger partial charge in [0.1, 0.15) is 5.54 Å². The Morgan fingerprint density at radius 3 is 1.44 bits per heavy atom. The van der Waals surface area contributed by atoms with Gasteiger partial charge in [-0.3, -0.25) is 4.99 Å². The van der Waals surface area contributed by atoms with Gasteiger partial charge in [-0.25, -0.2) is 0 Å². The van der Waals surface area contributed by atoms with E-state index < -0.39 is 5.54 Å². The van der Waals surface area contributed by atoms with Gasteiger partial charge in [-0.2, -0.15) is 0 Å². The Labute approximate surface area is 53.5 Å². The van der Waals surface area contributed by atoms with Crippen molar-refractivity contribution in [2.75, 3.05) is 19.8 Å². The van der Waals surface area contributed by atoms with E-state index in [4.69, 9.17) is 15.3 Å². The number of aliphatic hydroxyl groups is 3. The van der Waals surface area contributed by atoms with Crippen molar-refractivity contribution in [3.05, 3.63) is 0 Å². The zero-order valence-electron chi connectivity index (χ0n) is 5.12. The summed E-state index contributed by atoms with van der Waals surface area (Å²) in [5.41, 5.74) is -1.15. The smallest absolute Gasteiger partial charge is 0.129 e. The minimum atomic E-state index is -1.15. The van der Waals surface area contributed by atoms with Crippen LogP contribution < -0.4 is 0 Å². The summed E-state index contributed by atoms with van der Waals surface area (Å²) in [6.45, 7) is 1.96. The first kappa shape index (κ1) is 8.55. The second-order valence-corrected chi connectivity index (χ2v) is 1.86. The number of rotatable bonds is 4. The van der Waals surface area contributed by atoms with Crippen LogP contribution in [0.5, 0.6) is 0 Å². The summed E-state index contributed by atoms with van der Waals surface area (Å²) in [5.74, 6) is 0. The molecule has 0 spiro atoms. The van der Waals surface area contributed by atoms with E-state index in [-0.39, 0.29) is 19.8 Å². The first-order chi connectivity index (χ1) is 4.24. The molecule has 4 heteroatoms. The van der Waals surface area contributed by atoms with Crippen LogP contribution in [0.1, 0.15) is 0 Å². The molecule has 4 nitrogen and oxygen atoms in total. The van der Waals surface area contributed by atoms with Crippen LogP contribution in [0.15, 0.2) is 4.99 Å². The summed E-state index contributed by atoms with van der Waals surface area (Å²) < 4.78 is 0. The van der Waals surface area contributed by atoms with Crippen LogP contribution in [0, 0.1) is 0 Å². The third-order valence-electron chi connectivity index (χ3n) is 1.22. The third-order valence-corrected chi connectivity index (χ3v) is 1.22. The van der Waals surface area contributed by atoms with Crippen molar-refractivity contribution >= 4 is 6.72 Å². The monoisotopic (exact) mass is 133 g/mol. The third kappa shape index (κ3) is 1.74. The maximum Gasteiger partial charge on any atom is 0.129 e.